The Morgan fingerprint density at radius 3 is 2.65 bits per heavy atom. The maximum Gasteiger partial charge on any atom is 0.328 e. The number of fused-ring (bicyclic) bond motifs is 1. The summed E-state index contributed by atoms with van der Waals surface area (Å²) in [5.41, 5.74) is 4.66. The van der Waals surface area contributed by atoms with Crippen molar-refractivity contribution < 1.29 is 29.6 Å². The maximum absolute atomic E-state index is 10.9. The number of aliphatic hydroxyl groups excluding tert-OH is 1. The Kier molecular flexibility index (Phi) is 6.60. The smallest absolute Gasteiger partial charge is 0.328 e. The molecule has 0 radical (unpaired) electrons. The Balaban J connectivity index is 1.75. The molecule has 3 N–H and O–H groups in total. The van der Waals surface area contributed by atoms with Gasteiger partial charge in [-0.05, 0) is 74.9 Å². The highest BCUT2D eigenvalue weighted by molar-refractivity contribution is 5.85. The summed E-state index contributed by atoms with van der Waals surface area (Å²) in [6.07, 6.45) is 4.80. The van der Waals surface area contributed by atoms with Gasteiger partial charge in [-0.1, -0.05) is 12.1 Å². The highest BCUT2D eigenvalue weighted by Gasteiger charge is 2.34. The number of carbonyl (C=O) groups is 1. The molecular formula is C25H30O6. The summed E-state index contributed by atoms with van der Waals surface area (Å²) in [7, 11) is 0. The van der Waals surface area contributed by atoms with Crippen molar-refractivity contribution in [1.29, 1.82) is 0 Å². The fraction of sp³-hybridized carbons (Fsp3) is 0.400. The van der Waals surface area contributed by atoms with Crippen LogP contribution in [0.2, 0.25) is 0 Å². The van der Waals surface area contributed by atoms with Crippen LogP contribution in [0, 0.1) is 20.8 Å². The summed E-state index contributed by atoms with van der Waals surface area (Å²) in [6.45, 7) is 8.11. The lowest BCUT2D eigenvalue weighted by Gasteiger charge is -2.38. The lowest BCUT2D eigenvalue weighted by molar-refractivity contribution is -0.131. The second-order valence-corrected chi connectivity index (χ2v) is 8.38. The molecule has 0 bridgehead atoms. The van der Waals surface area contributed by atoms with Crippen molar-refractivity contribution in [3.05, 3.63) is 57.7 Å². The predicted octanol–water partition coefficient (Wildman–Crippen LogP) is 4.46. The molecular weight excluding hydrogens is 396 g/mol. The van der Waals surface area contributed by atoms with E-state index in [1.54, 1.807) is 18.2 Å². The van der Waals surface area contributed by atoms with E-state index in [4.69, 9.17) is 14.6 Å². The maximum atomic E-state index is 10.9. The standard InChI is InChI=1S/C25H30O6/c1-15-16(2)24-20(17(3)23(15)29)9-10-25(4,31-24)11-12-30-21-13-18(14-26)5-6-19(21)7-8-22(27)28/h5-8,13,26,29H,9-12,14H2,1-4H3,(H,27,28)/b8-7+. The van der Waals surface area contributed by atoms with E-state index in [1.807, 2.05) is 20.8 Å². The summed E-state index contributed by atoms with van der Waals surface area (Å²) >= 11 is 0. The zero-order valence-electron chi connectivity index (χ0n) is 18.5. The molecule has 0 fully saturated rings. The zero-order valence-corrected chi connectivity index (χ0v) is 18.5. The summed E-state index contributed by atoms with van der Waals surface area (Å²) in [6, 6.07) is 5.19. The number of aliphatic hydroxyl groups is 1. The van der Waals surface area contributed by atoms with Crippen LogP contribution in [0.4, 0.5) is 0 Å². The van der Waals surface area contributed by atoms with E-state index in [0.29, 0.717) is 35.7 Å². The van der Waals surface area contributed by atoms with E-state index in [-0.39, 0.29) is 6.61 Å². The normalized spacial score (nSPS) is 18.0. The van der Waals surface area contributed by atoms with E-state index in [2.05, 4.69) is 6.92 Å². The van der Waals surface area contributed by atoms with Gasteiger partial charge in [-0.25, -0.2) is 4.79 Å². The largest absolute Gasteiger partial charge is 0.507 e. The summed E-state index contributed by atoms with van der Waals surface area (Å²) in [4.78, 5) is 10.9. The minimum absolute atomic E-state index is 0.123. The number of ether oxygens (including phenoxy) is 2. The Morgan fingerprint density at radius 2 is 1.97 bits per heavy atom. The lowest BCUT2D eigenvalue weighted by atomic mass is 9.86. The predicted molar refractivity (Wildman–Crippen MR) is 119 cm³/mol. The van der Waals surface area contributed by atoms with Gasteiger partial charge in [0.15, 0.2) is 0 Å². The van der Waals surface area contributed by atoms with Crippen molar-refractivity contribution >= 4 is 12.0 Å². The number of aliphatic carboxylic acids is 1. The number of benzene rings is 2. The Bertz CT molecular complexity index is 1020. The third-order valence-electron chi connectivity index (χ3n) is 6.15. The van der Waals surface area contributed by atoms with Gasteiger partial charge in [0.05, 0.1) is 13.2 Å². The molecule has 0 saturated carbocycles. The van der Waals surface area contributed by atoms with E-state index >= 15 is 0 Å². The first-order valence-corrected chi connectivity index (χ1v) is 10.4. The van der Waals surface area contributed by atoms with Crippen LogP contribution in [0.25, 0.3) is 6.08 Å². The number of carboxylic acid groups (broad SMARTS) is 1. The molecule has 0 aromatic heterocycles. The molecule has 166 valence electrons. The van der Waals surface area contributed by atoms with Gasteiger partial charge < -0.3 is 24.8 Å². The Morgan fingerprint density at radius 1 is 1.23 bits per heavy atom. The minimum atomic E-state index is -1.04. The molecule has 6 nitrogen and oxygen atoms in total. The molecule has 1 heterocycles. The number of aromatic hydroxyl groups is 1. The second-order valence-electron chi connectivity index (χ2n) is 8.38. The Hall–Kier alpha value is -2.99. The summed E-state index contributed by atoms with van der Waals surface area (Å²) in [5, 5.41) is 28.7. The first kappa shape index (κ1) is 22.7. The average molecular weight is 427 g/mol. The van der Waals surface area contributed by atoms with E-state index in [1.165, 1.54) is 6.08 Å². The number of phenolic OH excluding ortho intramolecular Hbond substituents is 1. The molecule has 1 aliphatic rings. The second kappa shape index (κ2) is 9.02. The van der Waals surface area contributed by atoms with Crippen molar-refractivity contribution in [2.75, 3.05) is 6.61 Å². The molecule has 0 saturated heterocycles. The van der Waals surface area contributed by atoms with Gasteiger partial charge in [0.2, 0.25) is 0 Å². The lowest BCUT2D eigenvalue weighted by Crippen LogP contribution is -2.38. The van der Waals surface area contributed by atoms with Crippen LogP contribution in [0.3, 0.4) is 0 Å². The highest BCUT2D eigenvalue weighted by Crippen LogP contribution is 2.44. The SMILES string of the molecule is Cc1c(C)c2c(c(C)c1O)CCC(C)(CCOc1cc(CO)ccc1/C=C/C(=O)O)O2. The van der Waals surface area contributed by atoms with Crippen molar-refractivity contribution in [3.63, 3.8) is 0 Å². The van der Waals surface area contributed by atoms with Gasteiger partial charge in [0.1, 0.15) is 22.8 Å². The molecule has 31 heavy (non-hydrogen) atoms. The molecule has 0 aliphatic carbocycles. The van der Waals surface area contributed by atoms with Crippen molar-refractivity contribution in [2.24, 2.45) is 0 Å². The number of hydrogen-bond acceptors (Lipinski definition) is 5. The third kappa shape index (κ3) is 4.85. The molecule has 2 aromatic carbocycles. The van der Waals surface area contributed by atoms with Gasteiger partial charge in [-0.15, -0.1) is 0 Å². The summed E-state index contributed by atoms with van der Waals surface area (Å²) in [5.74, 6) is 0.689. The van der Waals surface area contributed by atoms with Gasteiger partial charge in [-0.3, -0.25) is 0 Å². The number of hydrogen-bond donors (Lipinski definition) is 3. The van der Waals surface area contributed by atoms with E-state index < -0.39 is 11.6 Å². The fourth-order valence-corrected chi connectivity index (χ4v) is 3.95. The fourth-order valence-electron chi connectivity index (χ4n) is 3.95. The van der Waals surface area contributed by atoms with Crippen molar-refractivity contribution in [3.8, 4) is 17.2 Å². The highest BCUT2D eigenvalue weighted by atomic mass is 16.5. The van der Waals surface area contributed by atoms with Gasteiger partial charge >= 0.3 is 5.97 Å². The number of rotatable bonds is 7. The van der Waals surface area contributed by atoms with Gasteiger partial charge in [-0.2, -0.15) is 0 Å². The van der Waals surface area contributed by atoms with Crippen LogP contribution < -0.4 is 9.47 Å². The zero-order chi connectivity index (χ0) is 22.8. The monoisotopic (exact) mass is 426 g/mol. The first-order chi connectivity index (χ1) is 14.6. The summed E-state index contributed by atoms with van der Waals surface area (Å²) < 4.78 is 12.4. The third-order valence-corrected chi connectivity index (χ3v) is 6.15. The average Bonchev–Trinajstić information content (AvgIpc) is 2.75. The number of phenols is 1. The van der Waals surface area contributed by atoms with E-state index in [0.717, 1.165) is 46.9 Å². The topological polar surface area (TPSA) is 96.2 Å². The van der Waals surface area contributed by atoms with Crippen LogP contribution in [0.15, 0.2) is 24.3 Å². The molecule has 3 rings (SSSR count). The van der Waals surface area contributed by atoms with Crippen LogP contribution in [-0.4, -0.2) is 33.5 Å². The van der Waals surface area contributed by atoms with Crippen molar-refractivity contribution in [2.45, 2.75) is 59.2 Å². The molecule has 2 aromatic rings. The van der Waals surface area contributed by atoms with E-state index in [9.17, 15) is 15.0 Å². The quantitative estimate of drug-likeness (QED) is 0.566. The molecule has 0 spiro atoms. The van der Waals surface area contributed by atoms with Crippen LogP contribution in [0.5, 0.6) is 17.2 Å². The Labute approximate surface area is 182 Å². The van der Waals surface area contributed by atoms with Crippen LogP contribution >= 0.6 is 0 Å². The molecule has 0 amide bonds. The molecule has 1 unspecified atom stereocenters. The van der Waals surface area contributed by atoms with Crippen LogP contribution in [-0.2, 0) is 17.8 Å². The van der Waals surface area contributed by atoms with Gasteiger partial charge in [0, 0.05) is 23.6 Å². The minimum Gasteiger partial charge on any atom is -0.507 e. The van der Waals surface area contributed by atoms with Crippen molar-refractivity contribution in [1.82, 2.24) is 0 Å². The number of carboxylic acids is 1. The molecule has 1 aliphatic heterocycles. The van der Waals surface area contributed by atoms with Gasteiger partial charge in [0.25, 0.3) is 0 Å². The molecule has 1 atom stereocenters. The molecule has 6 heteroatoms. The first-order valence-electron chi connectivity index (χ1n) is 10.4. The van der Waals surface area contributed by atoms with Crippen LogP contribution in [0.1, 0.15) is 53.1 Å².